The number of carbonyl (C=O) groups is 1. The third-order valence-electron chi connectivity index (χ3n) is 5.46. The number of carbonyl (C=O) groups excluding carboxylic acids is 1. The summed E-state index contributed by atoms with van der Waals surface area (Å²) >= 11 is 0. The van der Waals surface area contributed by atoms with E-state index >= 15 is 0 Å². The molecule has 0 aliphatic carbocycles. The molecule has 1 saturated heterocycles. The quantitative estimate of drug-likeness (QED) is 0.682. The molecule has 31 heavy (non-hydrogen) atoms. The fourth-order valence-corrected chi connectivity index (χ4v) is 2.93. The molecule has 0 radical (unpaired) electrons. The summed E-state index contributed by atoms with van der Waals surface area (Å²) in [6.45, 7) is 7.88. The number of nitrogens with zero attached hydrogens (tertiary/aromatic N) is 1. The molecule has 164 valence electrons. The first-order valence-corrected chi connectivity index (χ1v) is 9.99. The molecule has 0 bridgehead atoms. The number of amides is 1. The van der Waals surface area contributed by atoms with Crippen molar-refractivity contribution in [3.8, 4) is 0 Å². The lowest BCUT2D eigenvalue weighted by Gasteiger charge is -2.32. The second-order valence-electron chi connectivity index (χ2n) is 8.35. The van der Waals surface area contributed by atoms with E-state index in [9.17, 15) is 9.18 Å². The van der Waals surface area contributed by atoms with Crippen molar-refractivity contribution in [2.24, 2.45) is 0 Å². The average molecular weight is 427 g/mol. The van der Waals surface area contributed by atoms with Crippen molar-refractivity contribution in [2.45, 2.75) is 45.5 Å². The number of hydrogen-bond acceptors (Lipinski definition) is 6. The predicted molar refractivity (Wildman–Crippen MR) is 117 cm³/mol. The number of alkyl carbamates (subject to hydrolysis) is 1. The van der Waals surface area contributed by atoms with Gasteiger partial charge in [0.25, 0.3) is 0 Å². The fourth-order valence-electron chi connectivity index (χ4n) is 2.93. The Balaban J connectivity index is 1.75. The van der Waals surface area contributed by atoms with E-state index in [1.165, 1.54) is 6.07 Å². The van der Waals surface area contributed by atoms with E-state index in [-0.39, 0.29) is 19.0 Å². The van der Waals surface area contributed by atoms with Crippen molar-refractivity contribution in [2.75, 3.05) is 12.3 Å². The van der Waals surface area contributed by atoms with Crippen LogP contribution >= 0.6 is 0 Å². The van der Waals surface area contributed by atoms with Gasteiger partial charge in [-0.1, -0.05) is 36.4 Å². The highest BCUT2D eigenvalue weighted by molar-refractivity contribution is 6.56. The Morgan fingerprint density at radius 1 is 1.23 bits per heavy atom. The average Bonchev–Trinajstić information content (AvgIpc) is 2.94. The van der Waals surface area contributed by atoms with Crippen LogP contribution in [0.3, 0.4) is 0 Å². The standard InChI is InChI=1S/C22H27BFN3O4/c1-21(2)22(3,4)31-23(30-21)17(10-16-11-18(24)13-26-19(16)25)12-27-20(28)29-14-15-8-6-5-7-9-15/h5-11,13H,12,14H2,1-4H3,(H2,25,26)(H,27,28). The summed E-state index contributed by atoms with van der Waals surface area (Å²) < 4.78 is 31.1. The number of nitrogens with one attached hydrogen (secondary N) is 1. The molecule has 9 heteroatoms. The molecule has 1 amide bonds. The highest BCUT2D eigenvalue weighted by Gasteiger charge is 2.52. The van der Waals surface area contributed by atoms with Gasteiger partial charge >= 0.3 is 13.2 Å². The Bertz CT molecular complexity index is 950. The fraction of sp³-hybridized carbons (Fsp3) is 0.364. The van der Waals surface area contributed by atoms with Crippen LogP contribution in [0.1, 0.15) is 38.8 Å². The Labute approximate surface area is 181 Å². The lowest BCUT2D eigenvalue weighted by atomic mass is 9.77. The van der Waals surface area contributed by atoms with Gasteiger partial charge in [0.05, 0.1) is 17.4 Å². The van der Waals surface area contributed by atoms with E-state index in [4.69, 9.17) is 19.8 Å². The molecule has 1 aliphatic rings. The third kappa shape index (κ3) is 5.62. The lowest BCUT2D eigenvalue weighted by molar-refractivity contribution is 0.00578. The van der Waals surface area contributed by atoms with Crippen LogP contribution in [0.5, 0.6) is 0 Å². The molecular formula is C22H27BFN3O4. The first kappa shape index (κ1) is 22.8. The number of benzene rings is 1. The van der Waals surface area contributed by atoms with Gasteiger partial charge in [-0.25, -0.2) is 14.2 Å². The molecule has 2 aromatic rings. The summed E-state index contributed by atoms with van der Waals surface area (Å²) in [5, 5.41) is 2.69. The van der Waals surface area contributed by atoms with Crippen molar-refractivity contribution in [3.63, 3.8) is 0 Å². The molecule has 3 rings (SSSR count). The molecule has 3 N–H and O–H groups in total. The van der Waals surface area contributed by atoms with Crippen LogP contribution in [-0.4, -0.2) is 35.9 Å². The number of ether oxygens (including phenoxy) is 1. The highest BCUT2D eigenvalue weighted by atomic mass is 19.1. The molecular weight excluding hydrogens is 400 g/mol. The molecule has 1 fully saturated rings. The number of nitrogen functional groups attached to an aromatic ring is 1. The first-order valence-electron chi connectivity index (χ1n) is 9.99. The van der Waals surface area contributed by atoms with Gasteiger partial charge in [0, 0.05) is 12.1 Å². The van der Waals surface area contributed by atoms with Gasteiger partial charge in [-0.3, -0.25) is 0 Å². The molecule has 0 atom stereocenters. The van der Waals surface area contributed by atoms with Crippen molar-refractivity contribution in [1.82, 2.24) is 10.3 Å². The Morgan fingerprint density at radius 2 is 1.87 bits per heavy atom. The Kier molecular flexibility index (Phi) is 6.67. The zero-order valence-electron chi connectivity index (χ0n) is 18.1. The molecule has 0 unspecified atom stereocenters. The SMILES string of the molecule is CC1(C)OB(C(=Cc2cc(F)cnc2N)CNC(=O)OCc2ccccc2)OC1(C)C. The van der Waals surface area contributed by atoms with Gasteiger partial charge in [0.15, 0.2) is 0 Å². The molecule has 1 aliphatic heterocycles. The van der Waals surface area contributed by atoms with Gasteiger partial charge in [0.1, 0.15) is 18.2 Å². The maximum Gasteiger partial charge on any atom is 0.492 e. The van der Waals surface area contributed by atoms with Gasteiger partial charge in [-0.2, -0.15) is 0 Å². The van der Waals surface area contributed by atoms with Gasteiger partial charge in [-0.15, -0.1) is 0 Å². The van der Waals surface area contributed by atoms with E-state index in [2.05, 4.69) is 10.3 Å². The zero-order chi connectivity index (χ0) is 22.6. The Morgan fingerprint density at radius 3 is 2.52 bits per heavy atom. The van der Waals surface area contributed by atoms with Crippen LogP contribution in [-0.2, 0) is 20.7 Å². The van der Waals surface area contributed by atoms with Crippen molar-refractivity contribution in [3.05, 3.63) is 65.0 Å². The van der Waals surface area contributed by atoms with Crippen LogP contribution < -0.4 is 11.1 Å². The van der Waals surface area contributed by atoms with E-state index in [1.54, 1.807) is 6.08 Å². The summed E-state index contributed by atoms with van der Waals surface area (Å²) in [7, 11) is -0.762. The predicted octanol–water partition coefficient (Wildman–Crippen LogP) is 3.74. The van der Waals surface area contributed by atoms with Crippen molar-refractivity contribution in [1.29, 1.82) is 0 Å². The minimum Gasteiger partial charge on any atom is -0.445 e. The minimum absolute atomic E-state index is 0.0560. The number of rotatable bonds is 6. The van der Waals surface area contributed by atoms with Crippen LogP contribution in [0.2, 0.25) is 0 Å². The van der Waals surface area contributed by atoms with Gasteiger partial charge in [0.2, 0.25) is 0 Å². The van der Waals surface area contributed by atoms with E-state index < -0.39 is 30.2 Å². The molecule has 0 spiro atoms. The maximum absolute atomic E-state index is 13.7. The monoisotopic (exact) mass is 427 g/mol. The third-order valence-corrected chi connectivity index (χ3v) is 5.46. The summed E-state index contributed by atoms with van der Waals surface area (Å²) in [5.74, 6) is -0.369. The van der Waals surface area contributed by atoms with Crippen LogP contribution in [0.25, 0.3) is 6.08 Å². The highest BCUT2D eigenvalue weighted by Crippen LogP contribution is 2.38. The maximum atomic E-state index is 13.7. The second kappa shape index (κ2) is 9.07. The van der Waals surface area contributed by atoms with Gasteiger partial charge < -0.3 is 25.1 Å². The lowest BCUT2D eigenvalue weighted by Crippen LogP contribution is -2.41. The zero-order valence-corrected chi connectivity index (χ0v) is 18.1. The van der Waals surface area contributed by atoms with Crippen LogP contribution in [0, 0.1) is 5.82 Å². The topological polar surface area (TPSA) is 95.7 Å². The van der Waals surface area contributed by atoms with E-state index in [0.29, 0.717) is 11.0 Å². The second-order valence-corrected chi connectivity index (χ2v) is 8.35. The van der Waals surface area contributed by atoms with Crippen LogP contribution in [0.4, 0.5) is 15.0 Å². The smallest absolute Gasteiger partial charge is 0.445 e. The molecule has 1 aromatic heterocycles. The summed E-state index contributed by atoms with van der Waals surface area (Å²) in [6, 6.07) is 10.6. The molecule has 2 heterocycles. The normalized spacial score (nSPS) is 17.5. The summed E-state index contributed by atoms with van der Waals surface area (Å²) in [5.41, 5.74) is 6.51. The number of halogens is 1. The molecule has 7 nitrogen and oxygen atoms in total. The van der Waals surface area contributed by atoms with Crippen LogP contribution in [0.15, 0.2) is 48.1 Å². The number of hydrogen-bond donors (Lipinski definition) is 2. The van der Waals surface area contributed by atoms with E-state index in [0.717, 1.165) is 11.8 Å². The van der Waals surface area contributed by atoms with Crippen molar-refractivity contribution < 1.29 is 23.2 Å². The Hall–Kier alpha value is -2.91. The van der Waals surface area contributed by atoms with Crippen molar-refractivity contribution >= 4 is 25.1 Å². The summed E-state index contributed by atoms with van der Waals surface area (Å²) in [4.78, 5) is 16.1. The number of nitrogens with two attached hydrogens (primary N) is 1. The van der Waals surface area contributed by atoms with Gasteiger partial charge in [-0.05, 0) is 44.8 Å². The largest absolute Gasteiger partial charge is 0.492 e. The molecule has 1 aromatic carbocycles. The first-order chi connectivity index (χ1) is 14.6. The minimum atomic E-state index is -0.762. The van der Waals surface area contributed by atoms with E-state index in [1.807, 2.05) is 58.0 Å². The number of pyridine rings is 1. The number of aromatic nitrogens is 1. The molecule has 0 saturated carbocycles. The number of anilines is 1. The summed E-state index contributed by atoms with van der Waals surface area (Å²) in [6.07, 6.45) is 2.06.